The molecule has 0 saturated heterocycles. The number of hydrogen-bond donors (Lipinski definition) is 1. The third-order valence-electron chi connectivity index (χ3n) is 3.72. The summed E-state index contributed by atoms with van der Waals surface area (Å²) in [6.45, 7) is 5.99. The molecular weight excluding hydrogens is 326 g/mol. The number of carbonyl (C=O) groups is 1. The first-order valence-corrected chi connectivity index (χ1v) is 8.12. The van der Waals surface area contributed by atoms with E-state index in [-0.39, 0.29) is 5.91 Å². The summed E-state index contributed by atoms with van der Waals surface area (Å²) in [5.41, 5.74) is 2.85. The standard InChI is InChI=1S/C19H22ClNO3/c1-12-9-17(10-13(2)18(12)20)24-14(3)19(22)21-11-15-5-7-16(23-4)8-6-15/h5-10,14H,11H2,1-4H3,(H,21,22). The van der Waals surface area contributed by atoms with E-state index in [9.17, 15) is 4.79 Å². The fraction of sp³-hybridized carbons (Fsp3) is 0.316. The highest BCUT2D eigenvalue weighted by molar-refractivity contribution is 6.32. The SMILES string of the molecule is COc1ccc(CNC(=O)C(C)Oc2cc(C)c(Cl)c(C)c2)cc1. The van der Waals surface area contributed by atoms with E-state index in [4.69, 9.17) is 21.1 Å². The number of methoxy groups -OCH3 is 1. The van der Waals surface area contributed by atoms with Crippen molar-refractivity contribution in [1.82, 2.24) is 5.32 Å². The minimum atomic E-state index is -0.594. The van der Waals surface area contributed by atoms with Crippen LogP contribution in [0.2, 0.25) is 5.02 Å². The minimum absolute atomic E-state index is 0.170. The van der Waals surface area contributed by atoms with Crippen LogP contribution in [-0.2, 0) is 11.3 Å². The Morgan fingerprint density at radius 3 is 2.25 bits per heavy atom. The molecule has 0 spiro atoms. The maximum Gasteiger partial charge on any atom is 0.261 e. The van der Waals surface area contributed by atoms with Gasteiger partial charge in [-0.15, -0.1) is 0 Å². The molecule has 0 fully saturated rings. The average Bonchev–Trinajstić information content (AvgIpc) is 2.57. The lowest BCUT2D eigenvalue weighted by Gasteiger charge is -2.16. The zero-order valence-corrected chi connectivity index (χ0v) is 15.1. The van der Waals surface area contributed by atoms with E-state index in [0.29, 0.717) is 12.3 Å². The monoisotopic (exact) mass is 347 g/mol. The van der Waals surface area contributed by atoms with E-state index in [1.54, 1.807) is 14.0 Å². The molecule has 0 bridgehead atoms. The van der Waals surface area contributed by atoms with Crippen molar-refractivity contribution in [1.29, 1.82) is 0 Å². The van der Waals surface area contributed by atoms with Crippen LogP contribution in [0.25, 0.3) is 0 Å². The minimum Gasteiger partial charge on any atom is -0.497 e. The highest BCUT2D eigenvalue weighted by Crippen LogP contribution is 2.26. The molecule has 1 unspecified atom stereocenters. The van der Waals surface area contributed by atoms with Gasteiger partial charge in [0.25, 0.3) is 5.91 Å². The number of halogens is 1. The van der Waals surface area contributed by atoms with Gasteiger partial charge in [0.1, 0.15) is 11.5 Å². The van der Waals surface area contributed by atoms with Gasteiger partial charge < -0.3 is 14.8 Å². The van der Waals surface area contributed by atoms with E-state index < -0.39 is 6.10 Å². The van der Waals surface area contributed by atoms with Crippen LogP contribution in [0.15, 0.2) is 36.4 Å². The molecule has 0 aliphatic carbocycles. The summed E-state index contributed by atoms with van der Waals surface area (Å²) >= 11 is 6.14. The van der Waals surface area contributed by atoms with E-state index in [1.807, 2.05) is 50.2 Å². The quantitative estimate of drug-likeness (QED) is 0.857. The summed E-state index contributed by atoms with van der Waals surface area (Å²) in [5, 5.41) is 3.59. The van der Waals surface area contributed by atoms with Gasteiger partial charge in [0.15, 0.2) is 6.10 Å². The van der Waals surface area contributed by atoms with Crippen molar-refractivity contribution in [2.24, 2.45) is 0 Å². The average molecular weight is 348 g/mol. The van der Waals surface area contributed by atoms with Gasteiger partial charge in [0.05, 0.1) is 7.11 Å². The molecule has 2 rings (SSSR count). The second-order valence-corrected chi connectivity index (χ2v) is 6.07. The first-order valence-electron chi connectivity index (χ1n) is 7.74. The summed E-state index contributed by atoms with van der Waals surface area (Å²) in [4.78, 5) is 12.2. The van der Waals surface area contributed by atoms with Crippen LogP contribution in [0, 0.1) is 13.8 Å². The summed E-state index contributed by atoms with van der Waals surface area (Å²) in [6.07, 6.45) is -0.594. The summed E-state index contributed by atoms with van der Waals surface area (Å²) in [5.74, 6) is 1.26. The van der Waals surface area contributed by atoms with Gasteiger partial charge in [0, 0.05) is 11.6 Å². The van der Waals surface area contributed by atoms with E-state index in [0.717, 1.165) is 27.5 Å². The smallest absolute Gasteiger partial charge is 0.261 e. The van der Waals surface area contributed by atoms with Gasteiger partial charge in [-0.05, 0) is 61.7 Å². The first-order chi connectivity index (χ1) is 11.4. The Bertz CT molecular complexity index is 690. The molecule has 24 heavy (non-hydrogen) atoms. The van der Waals surface area contributed by atoms with Crippen molar-refractivity contribution in [2.45, 2.75) is 33.4 Å². The van der Waals surface area contributed by atoms with Gasteiger partial charge in [-0.3, -0.25) is 4.79 Å². The predicted molar refractivity (Wildman–Crippen MR) is 95.9 cm³/mol. The third kappa shape index (κ3) is 4.65. The maximum atomic E-state index is 12.2. The topological polar surface area (TPSA) is 47.6 Å². The molecule has 1 atom stereocenters. The van der Waals surface area contributed by atoms with Crippen LogP contribution in [-0.4, -0.2) is 19.1 Å². The number of amides is 1. The van der Waals surface area contributed by atoms with Crippen molar-refractivity contribution in [3.8, 4) is 11.5 Å². The molecule has 0 radical (unpaired) electrons. The fourth-order valence-electron chi connectivity index (χ4n) is 2.31. The van der Waals surface area contributed by atoms with Crippen molar-refractivity contribution in [3.05, 3.63) is 58.1 Å². The molecule has 5 heteroatoms. The Labute approximate surface area is 147 Å². The summed E-state index contributed by atoms with van der Waals surface area (Å²) < 4.78 is 10.8. The van der Waals surface area contributed by atoms with Gasteiger partial charge in [-0.1, -0.05) is 23.7 Å². The largest absolute Gasteiger partial charge is 0.497 e. The van der Waals surface area contributed by atoms with Crippen LogP contribution in [0.5, 0.6) is 11.5 Å². The fourth-order valence-corrected chi connectivity index (χ4v) is 2.42. The highest BCUT2D eigenvalue weighted by atomic mass is 35.5. The molecular formula is C19H22ClNO3. The Morgan fingerprint density at radius 1 is 1.12 bits per heavy atom. The van der Waals surface area contributed by atoms with Gasteiger partial charge in [-0.25, -0.2) is 0 Å². The van der Waals surface area contributed by atoms with E-state index in [2.05, 4.69) is 5.32 Å². The molecule has 0 heterocycles. The predicted octanol–water partition coefficient (Wildman–Crippen LogP) is 4.05. The third-order valence-corrected chi connectivity index (χ3v) is 4.31. The van der Waals surface area contributed by atoms with Crippen LogP contribution in [0.4, 0.5) is 0 Å². The molecule has 128 valence electrons. The van der Waals surface area contributed by atoms with Crippen molar-refractivity contribution >= 4 is 17.5 Å². The Hall–Kier alpha value is -2.20. The molecule has 0 aromatic heterocycles. The number of benzene rings is 2. The number of rotatable bonds is 6. The van der Waals surface area contributed by atoms with Gasteiger partial charge in [-0.2, -0.15) is 0 Å². The van der Waals surface area contributed by atoms with Crippen LogP contribution < -0.4 is 14.8 Å². The summed E-state index contributed by atoms with van der Waals surface area (Å²) in [7, 11) is 1.62. The second kappa shape index (κ2) is 8.06. The molecule has 2 aromatic rings. The molecule has 4 nitrogen and oxygen atoms in total. The van der Waals surface area contributed by atoms with E-state index >= 15 is 0 Å². The van der Waals surface area contributed by atoms with Crippen LogP contribution in [0.1, 0.15) is 23.6 Å². The second-order valence-electron chi connectivity index (χ2n) is 5.70. The number of aryl methyl sites for hydroxylation is 2. The number of hydrogen-bond acceptors (Lipinski definition) is 3. The zero-order valence-electron chi connectivity index (χ0n) is 14.4. The van der Waals surface area contributed by atoms with Crippen molar-refractivity contribution < 1.29 is 14.3 Å². The molecule has 1 N–H and O–H groups in total. The van der Waals surface area contributed by atoms with Crippen LogP contribution >= 0.6 is 11.6 Å². The molecule has 0 aliphatic rings. The number of nitrogens with one attached hydrogen (secondary N) is 1. The highest BCUT2D eigenvalue weighted by Gasteiger charge is 2.15. The number of carbonyl (C=O) groups excluding carboxylic acids is 1. The van der Waals surface area contributed by atoms with Crippen molar-refractivity contribution in [2.75, 3.05) is 7.11 Å². The van der Waals surface area contributed by atoms with E-state index in [1.165, 1.54) is 0 Å². The maximum absolute atomic E-state index is 12.2. The Kier molecular flexibility index (Phi) is 6.10. The Morgan fingerprint density at radius 2 is 1.71 bits per heavy atom. The Balaban J connectivity index is 1.92. The first kappa shape index (κ1) is 18.1. The van der Waals surface area contributed by atoms with Crippen molar-refractivity contribution in [3.63, 3.8) is 0 Å². The van der Waals surface area contributed by atoms with Crippen LogP contribution in [0.3, 0.4) is 0 Å². The number of ether oxygens (including phenoxy) is 2. The summed E-state index contributed by atoms with van der Waals surface area (Å²) in [6, 6.07) is 11.2. The lowest BCUT2D eigenvalue weighted by atomic mass is 10.1. The van der Waals surface area contributed by atoms with Gasteiger partial charge >= 0.3 is 0 Å². The lowest BCUT2D eigenvalue weighted by Crippen LogP contribution is -2.35. The normalized spacial score (nSPS) is 11.7. The molecule has 2 aromatic carbocycles. The molecule has 1 amide bonds. The molecule has 0 saturated carbocycles. The van der Waals surface area contributed by atoms with Gasteiger partial charge in [0.2, 0.25) is 0 Å². The lowest BCUT2D eigenvalue weighted by molar-refractivity contribution is -0.127. The zero-order chi connectivity index (χ0) is 17.7. The molecule has 0 aliphatic heterocycles.